The third kappa shape index (κ3) is 6.10. The van der Waals surface area contributed by atoms with E-state index in [0.29, 0.717) is 19.1 Å². The van der Waals surface area contributed by atoms with Gasteiger partial charge in [0.2, 0.25) is 0 Å². The summed E-state index contributed by atoms with van der Waals surface area (Å²) in [4.78, 5) is 6.84. The van der Waals surface area contributed by atoms with Gasteiger partial charge in [-0.25, -0.2) is 4.99 Å². The highest BCUT2D eigenvalue weighted by atomic mass is 127. The summed E-state index contributed by atoms with van der Waals surface area (Å²) in [6, 6.07) is 17.5. The molecule has 3 N–H and O–H groups in total. The van der Waals surface area contributed by atoms with Crippen LogP contribution in [0.1, 0.15) is 23.6 Å². The molecule has 0 saturated carbocycles. The normalized spacial score (nSPS) is 14.4. The smallest absolute Gasteiger partial charge is 0.189 e. The van der Waals surface area contributed by atoms with E-state index in [1.807, 2.05) is 6.92 Å². The molecule has 6 heteroatoms. The molecule has 146 valence electrons. The van der Waals surface area contributed by atoms with Crippen molar-refractivity contribution in [3.05, 3.63) is 65.2 Å². The van der Waals surface area contributed by atoms with Crippen LogP contribution < -0.4 is 16.0 Å². The average Bonchev–Trinajstić information content (AvgIpc) is 3.04. The number of nitrogens with one attached hydrogen (secondary N) is 1. The van der Waals surface area contributed by atoms with Gasteiger partial charge in [-0.15, -0.1) is 24.0 Å². The second-order valence-corrected chi connectivity index (χ2v) is 6.82. The highest BCUT2D eigenvalue weighted by Gasteiger charge is 2.17. The van der Waals surface area contributed by atoms with Gasteiger partial charge in [0.15, 0.2) is 5.96 Å². The second-order valence-electron chi connectivity index (χ2n) is 6.82. The number of nitrogens with two attached hydrogens (primary N) is 1. The Balaban J connectivity index is 0.00000261. The van der Waals surface area contributed by atoms with E-state index in [4.69, 9.17) is 10.5 Å². The molecule has 1 atom stereocenters. The van der Waals surface area contributed by atoms with Crippen molar-refractivity contribution < 1.29 is 4.74 Å². The lowest BCUT2D eigenvalue weighted by Gasteiger charge is -2.19. The predicted molar refractivity (Wildman–Crippen MR) is 123 cm³/mol. The lowest BCUT2D eigenvalue weighted by molar-refractivity contribution is 0.179. The summed E-state index contributed by atoms with van der Waals surface area (Å²) in [5.74, 6) is 0.451. The maximum atomic E-state index is 5.91. The summed E-state index contributed by atoms with van der Waals surface area (Å²) in [5, 5.41) is 3.12. The Labute approximate surface area is 179 Å². The van der Waals surface area contributed by atoms with Gasteiger partial charge in [0.1, 0.15) is 0 Å². The highest BCUT2D eigenvalue weighted by molar-refractivity contribution is 14.0. The summed E-state index contributed by atoms with van der Waals surface area (Å²) >= 11 is 0. The van der Waals surface area contributed by atoms with Crippen LogP contribution in [-0.4, -0.2) is 32.3 Å². The quantitative estimate of drug-likeness (QED) is 0.363. The Bertz CT molecular complexity index is 748. The van der Waals surface area contributed by atoms with Gasteiger partial charge in [-0.1, -0.05) is 42.5 Å². The standard InChI is InChI=1S/C21H28N4O.HI/c1-16(15-26-2)24-21(22)23-13-17-7-9-18(10-8-17)14-25-12-11-19-5-3-4-6-20(19)25;/h3-10,16H,11-15H2,1-2H3,(H3,22,23,24);1H. The molecule has 0 saturated heterocycles. The van der Waals surface area contributed by atoms with Crippen molar-refractivity contribution in [2.75, 3.05) is 25.2 Å². The minimum Gasteiger partial charge on any atom is -0.383 e. The molecule has 1 heterocycles. The van der Waals surface area contributed by atoms with E-state index in [2.05, 4.69) is 63.7 Å². The minimum absolute atomic E-state index is 0. The maximum absolute atomic E-state index is 5.91. The van der Waals surface area contributed by atoms with Gasteiger partial charge in [-0.05, 0) is 36.1 Å². The molecule has 0 fully saturated rings. The number of hydrogen-bond acceptors (Lipinski definition) is 3. The Hall–Kier alpha value is -1.80. The number of ether oxygens (including phenoxy) is 1. The number of rotatable bonds is 7. The molecule has 0 radical (unpaired) electrons. The predicted octanol–water partition coefficient (Wildman–Crippen LogP) is 3.31. The lowest BCUT2D eigenvalue weighted by Crippen LogP contribution is -2.40. The fraction of sp³-hybridized carbons (Fsp3) is 0.381. The zero-order valence-corrected chi connectivity index (χ0v) is 18.4. The number of methoxy groups -OCH3 is 1. The van der Waals surface area contributed by atoms with Gasteiger partial charge in [0.25, 0.3) is 0 Å². The van der Waals surface area contributed by atoms with Crippen LogP contribution in [0.3, 0.4) is 0 Å². The van der Waals surface area contributed by atoms with Crippen LogP contribution in [0.25, 0.3) is 0 Å². The number of anilines is 1. The number of nitrogens with zero attached hydrogens (tertiary/aromatic N) is 2. The van der Waals surface area contributed by atoms with Crippen LogP contribution >= 0.6 is 24.0 Å². The van der Waals surface area contributed by atoms with Crippen molar-refractivity contribution in [2.45, 2.75) is 32.5 Å². The number of guanidine groups is 1. The third-order valence-electron chi connectivity index (χ3n) is 4.62. The molecule has 0 aliphatic carbocycles. The maximum Gasteiger partial charge on any atom is 0.189 e. The van der Waals surface area contributed by atoms with Crippen molar-refractivity contribution in [1.82, 2.24) is 5.32 Å². The summed E-state index contributed by atoms with van der Waals surface area (Å²) in [6.07, 6.45) is 1.14. The van der Waals surface area contributed by atoms with Crippen molar-refractivity contribution in [3.8, 4) is 0 Å². The number of fused-ring (bicyclic) bond motifs is 1. The fourth-order valence-corrected chi connectivity index (χ4v) is 3.31. The summed E-state index contributed by atoms with van der Waals surface area (Å²) in [7, 11) is 1.67. The third-order valence-corrected chi connectivity index (χ3v) is 4.62. The molecule has 0 amide bonds. The molecule has 0 bridgehead atoms. The molecule has 27 heavy (non-hydrogen) atoms. The van der Waals surface area contributed by atoms with Crippen LogP contribution in [-0.2, 0) is 24.2 Å². The number of para-hydroxylation sites is 1. The summed E-state index contributed by atoms with van der Waals surface area (Å²) in [6.45, 7) is 5.22. The second kappa shape index (κ2) is 10.5. The number of halogens is 1. The average molecular weight is 480 g/mol. The highest BCUT2D eigenvalue weighted by Crippen LogP contribution is 2.28. The van der Waals surface area contributed by atoms with Crippen LogP contribution in [0.4, 0.5) is 5.69 Å². The first-order valence-electron chi connectivity index (χ1n) is 9.12. The molecular formula is C21H29IN4O. The van der Waals surface area contributed by atoms with E-state index < -0.39 is 0 Å². The van der Waals surface area contributed by atoms with E-state index in [9.17, 15) is 0 Å². The Kier molecular flexibility index (Phi) is 8.37. The fourth-order valence-electron chi connectivity index (χ4n) is 3.31. The van der Waals surface area contributed by atoms with Crippen LogP contribution in [0, 0.1) is 0 Å². The topological polar surface area (TPSA) is 62.9 Å². The van der Waals surface area contributed by atoms with Crippen molar-refractivity contribution >= 4 is 35.6 Å². The first kappa shape index (κ1) is 21.5. The van der Waals surface area contributed by atoms with Gasteiger partial charge in [0, 0.05) is 31.9 Å². The monoisotopic (exact) mass is 480 g/mol. The van der Waals surface area contributed by atoms with E-state index in [1.54, 1.807) is 7.11 Å². The zero-order chi connectivity index (χ0) is 18.4. The Morgan fingerprint density at radius 2 is 1.89 bits per heavy atom. The molecular weight excluding hydrogens is 451 g/mol. The molecule has 0 aromatic heterocycles. The van der Waals surface area contributed by atoms with Gasteiger partial charge >= 0.3 is 0 Å². The van der Waals surface area contributed by atoms with Crippen LogP contribution in [0.15, 0.2) is 53.5 Å². The lowest BCUT2D eigenvalue weighted by atomic mass is 10.1. The zero-order valence-electron chi connectivity index (χ0n) is 16.0. The van der Waals surface area contributed by atoms with Crippen molar-refractivity contribution in [3.63, 3.8) is 0 Å². The van der Waals surface area contributed by atoms with E-state index >= 15 is 0 Å². The number of hydrogen-bond donors (Lipinski definition) is 2. The van der Waals surface area contributed by atoms with E-state index in [0.717, 1.165) is 25.1 Å². The minimum atomic E-state index is 0. The molecule has 2 aromatic rings. The molecule has 5 nitrogen and oxygen atoms in total. The van der Waals surface area contributed by atoms with Crippen molar-refractivity contribution in [1.29, 1.82) is 0 Å². The summed E-state index contributed by atoms with van der Waals surface area (Å²) < 4.78 is 5.08. The number of benzene rings is 2. The molecule has 1 aliphatic heterocycles. The van der Waals surface area contributed by atoms with Gasteiger partial charge in [0.05, 0.1) is 13.2 Å². The van der Waals surface area contributed by atoms with Gasteiger partial charge < -0.3 is 20.7 Å². The Morgan fingerprint density at radius 1 is 1.19 bits per heavy atom. The van der Waals surface area contributed by atoms with Gasteiger partial charge in [-0.2, -0.15) is 0 Å². The molecule has 1 aliphatic rings. The van der Waals surface area contributed by atoms with Crippen LogP contribution in [0.5, 0.6) is 0 Å². The van der Waals surface area contributed by atoms with Crippen LogP contribution in [0.2, 0.25) is 0 Å². The van der Waals surface area contributed by atoms with Gasteiger partial charge in [-0.3, -0.25) is 0 Å². The molecule has 3 rings (SSSR count). The van der Waals surface area contributed by atoms with E-state index in [1.165, 1.54) is 16.8 Å². The van der Waals surface area contributed by atoms with Crippen molar-refractivity contribution in [2.24, 2.45) is 10.7 Å². The molecule has 0 spiro atoms. The number of aliphatic imine (C=N–C) groups is 1. The largest absolute Gasteiger partial charge is 0.383 e. The molecule has 2 aromatic carbocycles. The summed E-state index contributed by atoms with van der Waals surface area (Å²) in [5.41, 5.74) is 11.2. The SMILES string of the molecule is COCC(C)NC(N)=NCc1ccc(CN2CCc3ccccc32)cc1.I. The Morgan fingerprint density at radius 3 is 2.63 bits per heavy atom. The first-order chi connectivity index (χ1) is 12.7. The molecule has 1 unspecified atom stereocenters. The van der Waals surface area contributed by atoms with E-state index in [-0.39, 0.29) is 30.0 Å². The first-order valence-corrected chi connectivity index (χ1v) is 9.12.